The Bertz CT molecular complexity index is 794. The lowest BCUT2D eigenvalue weighted by Gasteiger charge is -2.14. The van der Waals surface area contributed by atoms with Gasteiger partial charge in [-0.15, -0.1) is 0 Å². The number of aliphatic imine (C=N–C) groups is 1. The zero-order valence-electron chi connectivity index (χ0n) is 15.3. The quantitative estimate of drug-likeness (QED) is 0.431. The van der Waals surface area contributed by atoms with Gasteiger partial charge in [-0.3, -0.25) is 14.7 Å². The van der Waals surface area contributed by atoms with Gasteiger partial charge in [-0.25, -0.2) is 4.79 Å². The lowest BCUT2D eigenvalue weighted by molar-refractivity contribution is -0.139. The summed E-state index contributed by atoms with van der Waals surface area (Å²) in [4.78, 5) is 30.0. The lowest BCUT2D eigenvalue weighted by Crippen LogP contribution is -2.28. The van der Waals surface area contributed by atoms with Gasteiger partial charge in [0, 0.05) is 13.1 Å². The monoisotopic (exact) mass is 504 g/mol. The fourth-order valence-corrected chi connectivity index (χ4v) is 4.29. The fraction of sp³-hybridized carbons (Fsp3) is 0.389. The van der Waals surface area contributed by atoms with Crippen molar-refractivity contribution in [1.82, 2.24) is 4.90 Å². The van der Waals surface area contributed by atoms with Crippen molar-refractivity contribution in [2.24, 2.45) is 4.99 Å². The molecule has 0 saturated carbocycles. The van der Waals surface area contributed by atoms with Gasteiger partial charge in [0.15, 0.2) is 23.3 Å². The molecule has 1 heterocycles. The third-order valence-corrected chi connectivity index (χ3v) is 5.31. The molecule has 1 aliphatic rings. The molecule has 146 valence electrons. The molecule has 1 aliphatic heterocycles. The van der Waals surface area contributed by atoms with Crippen LogP contribution >= 0.6 is 34.4 Å². The van der Waals surface area contributed by atoms with Crippen molar-refractivity contribution in [2.45, 2.75) is 20.8 Å². The van der Waals surface area contributed by atoms with E-state index < -0.39 is 12.6 Å². The second kappa shape index (κ2) is 9.98. The molecule has 1 aromatic carbocycles. The van der Waals surface area contributed by atoms with E-state index in [1.165, 1.54) is 11.8 Å². The molecule has 0 spiro atoms. The second-order valence-electron chi connectivity index (χ2n) is 5.36. The SMILES string of the molecule is CCN=C1S/C(=C\c2cc(I)c(OCC(=O)O)c(OCC)c2)C(=O)N1CC. The van der Waals surface area contributed by atoms with Crippen LogP contribution in [0.3, 0.4) is 0 Å². The van der Waals surface area contributed by atoms with Gasteiger partial charge >= 0.3 is 5.97 Å². The molecule has 0 aromatic heterocycles. The van der Waals surface area contributed by atoms with Gasteiger partial charge < -0.3 is 14.6 Å². The van der Waals surface area contributed by atoms with Crippen LogP contribution in [0.15, 0.2) is 22.0 Å². The molecule has 27 heavy (non-hydrogen) atoms. The van der Waals surface area contributed by atoms with E-state index in [2.05, 4.69) is 27.6 Å². The molecule has 1 amide bonds. The molecule has 1 saturated heterocycles. The van der Waals surface area contributed by atoms with Gasteiger partial charge in [-0.2, -0.15) is 0 Å². The topological polar surface area (TPSA) is 88.4 Å². The molecule has 9 heteroatoms. The van der Waals surface area contributed by atoms with Crippen LogP contribution in [-0.4, -0.2) is 53.4 Å². The van der Waals surface area contributed by atoms with E-state index >= 15 is 0 Å². The number of carboxylic acids is 1. The maximum Gasteiger partial charge on any atom is 0.341 e. The van der Waals surface area contributed by atoms with Gasteiger partial charge in [0.05, 0.1) is 15.1 Å². The molecule has 7 nitrogen and oxygen atoms in total. The number of carbonyl (C=O) groups excluding carboxylic acids is 1. The Balaban J connectivity index is 2.38. The molecule has 1 N–H and O–H groups in total. The first-order chi connectivity index (χ1) is 12.9. The molecule has 0 unspecified atom stereocenters. The zero-order chi connectivity index (χ0) is 20.0. The average Bonchev–Trinajstić information content (AvgIpc) is 2.89. The fourth-order valence-electron chi connectivity index (χ4n) is 2.40. The smallest absolute Gasteiger partial charge is 0.341 e. The number of thioether (sulfide) groups is 1. The number of halogens is 1. The summed E-state index contributed by atoms with van der Waals surface area (Å²) < 4.78 is 11.7. The molecular weight excluding hydrogens is 483 g/mol. The summed E-state index contributed by atoms with van der Waals surface area (Å²) in [7, 11) is 0. The van der Waals surface area contributed by atoms with Crippen LogP contribution in [0.25, 0.3) is 6.08 Å². The van der Waals surface area contributed by atoms with E-state index in [-0.39, 0.29) is 5.91 Å². The highest BCUT2D eigenvalue weighted by Gasteiger charge is 2.31. The highest BCUT2D eigenvalue weighted by molar-refractivity contribution is 14.1. The number of rotatable bonds is 8. The van der Waals surface area contributed by atoms with E-state index in [0.717, 1.165) is 5.56 Å². The first-order valence-electron chi connectivity index (χ1n) is 8.47. The number of benzene rings is 1. The third-order valence-electron chi connectivity index (χ3n) is 3.47. The summed E-state index contributed by atoms with van der Waals surface area (Å²) in [5, 5.41) is 9.55. The van der Waals surface area contributed by atoms with Crippen LogP contribution in [-0.2, 0) is 9.59 Å². The molecule has 1 fully saturated rings. The van der Waals surface area contributed by atoms with E-state index in [4.69, 9.17) is 14.6 Å². The van der Waals surface area contributed by atoms with Crippen molar-refractivity contribution in [1.29, 1.82) is 0 Å². The number of amidine groups is 1. The van der Waals surface area contributed by atoms with Gasteiger partial charge in [-0.1, -0.05) is 0 Å². The van der Waals surface area contributed by atoms with Gasteiger partial charge in [0.25, 0.3) is 5.91 Å². The number of hydrogen-bond acceptors (Lipinski definition) is 6. The average molecular weight is 504 g/mol. The minimum atomic E-state index is -1.06. The van der Waals surface area contributed by atoms with Crippen LogP contribution in [0.4, 0.5) is 0 Å². The summed E-state index contributed by atoms with van der Waals surface area (Å²) in [6, 6.07) is 3.57. The summed E-state index contributed by atoms with van der Waals surface area (Å²) in [6.45, 7) is 6.81. The van der Waals surface area contributed by atoms with Crippen LogP contribution in [0.2, 0.25) is 0 Å². The van der Waals surface area contributed by atoms with Crippen molar-refractivity contribution < 1.29 is 24.2 Å². The number of hydrogen-bond donors (Lipinski definition) is 1. The summed E-state index contributed by atoms with van der Waals surface area (Å²) in [5.74, 6) is -0.303. The van der Waals surface area contributed by atoms with Gasteiger partial charge in [-0.05, 0) is 78.9 Å². The minimum Gasteiger partial charge on any atom is -0.490 e. The van der Waals surface area contributed by atoms with Crippen molar-refractivity contribution >= 4 is 57.5 Å². The maximum absolute atomic E-state index is 12.6. The molecule has 2 rings (SSSR count). The Morgan fingerprint density at radius 2 is 2.07 bits per heavy atom. The van der Waals surface area contributed by atoms with Crippen molar-refractivity contribution in [3.05, 3.63) is 26.2 Å². The Morgan fingerprint density at radius 1 is 1.33 bits per heavy atom. The Labute approximate surface area is 175 Å². The summed E-state index contributed by atoms with van der Waals surface area (Å²) >= 11 is 3.42. The highest BCUT2D eigenvalue weighted by atomic mass is 127. The number of carboxylic acid groups (broad SMARTS) is 1. The molecule has 0 bridgehead atoms. The number of nitrogens with zero attached hydrogens (tertiary/aromatic N) is 2. The second-order valence-corrected chi connectivity index (χ2v) is 7.53. The highest BCUT2D eigenvalue weighted by Crippen LogP contribution is 2.37. The maximum atomic E-state index is 12.6. The summed E-state index contributed by atoms with van der Waals surface area (Å²) in [5.41, 5.74) is 0.773. The van der Waals surface area contributed by atoms with E-state index in [1.54, 1.807) is 17.0 Å². The summed E-state index contributed by atoms with van der Waals surface area (Å²) in [6.07, 6.45) is 1.79. The number of amides is 1. The number of ether oxygens (including phenoxy) is 2. The molecule has 0 radical (unpaired) electrons. The van der Waals surface area contributed by atoms with Crippen LogP contribution in [0, 0.1) is 3.57 Å². The number of likely N-dealkylation sites (N-methyl/N-ethyl adjacent to an activating group) is 1. The predicted octanol–water partition coefficient (Wildman–Crippen LogP) is 3.47. The van der Waals surface area contributed by atoms with Crippen molar-refractivity contribution in [2.75, 3.05) is 26.3 Å². The van der Waals surface area contributed by atoms with Gasteiger partial charge in [0.1, 0.15) is 0 Å². The first kappa shape index (κ1) is 21.5. The van der Waals surface area contributed by atoms with Crippen molar-refractivity contribution in [3.8, 4) is 11.5 Å². The third kappa shape index (κ3) is 5.38. The van der Waals surface area contributed by atoms with Crippen LogP contribution < -0.4 is 9.47 Å². The number of aliphatic carboxylic acids is 1. The van der Waals surface area contributed by atoms with Crippen molar-refractivity contribution in [3.63, 3.8) is 0 Å². The van der Waals surface area contributed by atoms with Gasteiger partial charge in [0.2, 0.25) is 0 Å². The van der Waals surface area contributed by atoms with E-state index in [0.29, 0.717) is 44.8 Å². The molecule has 1 aromatic rings. The number of carbonyl (C=O) groups is 2. The normalized spacial score (nSPS) is 17.0. The zero-order valence-corrected chi connectivity index (χ0v) is 18.3. The predicted molar refractivity (Wildman–Crippen MR) is 114 cm³/mol. The Hall–Kier alpha value is -1.75. The minimum absolute atomic E-state index is 0.0751. The Morgan fingerprint density at radius 3 is 2.67 bits per heavy atom. The Kier molecular flexibility index (Phi) is 7.96. The molecular formula is C18H21IN2O5S. The standard InChI is InChI=1S/C18H21IN2O5S/c1-4-20-18-21(5-2)17(24)14(27-18)9-11-7-12(19)16(26-10-15(22)23)13(8-11)25-6-3/h7-9H,4-6,10H2,1-3H3,(H,22,23)/b14-9-,20-18?. The largest absolute Gasteiger partial charge is 0.490 e. The molecule has 0 aliphatic carbocycles. The lowest BCUT2D eigenvalue weighted by atomic mass is 10.2. The molecule has 0 atom stereocenters. The van der Waals surface area contributed by atoms with E-state index in [9.17, 15) is 9.59 Å². The first-order valence-corrected chi connectivity index (χ1v) is 10.4. The van der Waals surface area contributed by atoms with Crippen LogP contribution in [0.1, 0.15) is 26.3 Å². The van der Waals surface area contributed by atoms with Crippen LogP contribution in [0.5, 0.6) is 11.5 Å². The van der Waals surface area contributed by atoms with E-state index in [1.807, 2.05) is 26.8 Å².